The third-order valence-corrected chi connectivity index (χ3v) is 7.25. The van der Waals surface area contributed by atoms with Crippen LogP contribution in [0.5, 0.6) is 11.6 Å². The van der Waals surface area contributed by atoms with Crippen molar-refractivity contribution in [3.8, 4) is 11.6 Å². The number of ether oxygens (including phenoxy) is 2. The number of ketones is 1. The van der Waals surface area contributed by atoms with Gasteiger partial charge in [-0.3, -0.25) is 23.5 Å². The van der Waals surface area contributed by atoms with E-state index in [9.17, 15) is 24.1 Å². The Labute approximate surface area is 223 Å². The maximum Gasteiger partial charge on any atom is 0.459 e. The molecule has 14 heteroatoms. The van der Waals surface area contributed by atoms with Gasteiger partial charge in [-0.25, -0.2) is 9.55 Å². The summed E-state index contributed by atoms with van der Waals surface area (Å²) in [5.41, 5.74) is 5.52. The predicted octanol–water partition coefficient (Wildman–Crippen LogP) is 2.47. The zero-order chi connectivity index (χ0) is 28.0. The second-order valence-electron chi connectivity index (χ2n) is 8.61. The maximum atomic E-state index is 13.7. The standard InChI is InChI=1S/C25H27N4O9P/c1-16(25(33)35-13-17-8-4-2-5-9-17)28-39(34,38-18-10-6-3-7-11-18)36-14-19-12-20(30)24(37-19)29-15-27-21(22(26)31)23(29)32/h2-11,15-16,19,24,32H,12-14H2,1H3,(H2,26,31)(H,28,34)/t16?,19-,24+,39?/m0/s1. The van der Waals surface area contributed by atoms with Gasteiger partial charge in [0.25, 0.3) is 5.91 Å². The van der Waals surface area contributed by atoms with Gasteiger partial charge >= 0.3 is 13.7 Å². The smallest absolute Gasteiger partial charge is 0.459 e. The highest BCUT2D eigenvalue weighted by Gasteiger charge is 2.40. The topological polar surface area (TPSA) is 181 Å². The number of primary amides is 1. The third-order valence-electron chi connectivity index (χ3n) is 5.61. The highest BCUT2D eigenvalue weighted by molar-refractivity contribution is 7.52. The van der Waals surface area contributed by atoms with Gasteiger partial charge < -0.3 is 24.8 Å². The fourth-order valence-corrected chi connectivity index (χ4v) is 5.21. The lowest BCUT2D eigenvalue weighted by Crippen LogP contribution is -2.35. The summed E-state index contributed by atoms with van der Waals surface area (Å²) < 4.78 is 36.8. The highest BCUT2D eigenvalue weighted by Crippen LogP contribution is 2.45. The molecule has 1 saturated heterocycles. The van der Waals surface area contributed by atoms with Crippen LogP contribution < -0.4 is 15.3 Å². The first-order valence-electron chi connectivity index (χ1n) is 11.9. The summed E-state index contributed by atoms with van der Waals surface area (Å²) in [6.07, 6.45) is -1.30. The number of imidazole rings is 1. The van der Waals surface area contributed by atoms with Crippen LogP contribution in [0.1, 0.15) is 35.6 Å². The summed E-state index contributed by atoms with van der Waals surface area (Å²) >= 11 is 0. The van der Waals surface area contributed by atoms with Gasteiger partial charge in [-0.15, -0.1) is 0 Å². The van der Waals surface area contributed by atoms with Crippen LogP contribution in [-0.4, -0.2) is 51.1 Å². The van der Waals surface area contributed by atoms with Crippen molar-refractivity contribution in [1.82, 2.24) is 14.6 Å². The van der Waals surface area contributed by atoms with Crippen molar-refractivity contribution >= 4 is 25.4 Å². The van der Waals surface area contributed by atoms with Gasteiger partial charge in [-0.1, -0.05) is 48.5 Å². The van der Waals surface area contributed by atoms with Crippen LogP contribution in [0, 0.1) is 0 Å². The predicted molar refractivity (Wildman–Crippen MR) is 135 cm³/mol. The summed E-state index contributed by atoms with van der Waals surface area (Å²) in [6, 6.07) is 16.2. The maximum absolute atomic E-state index is 13.7. The molecule has 0 bridgehead atoms. The SMILES string of the molecule is CC(NP(=O)(OC[C@@H]1CC(=O)[C@H](n2cnc(C(N)=O)c2O)O1)Oc1ccccc1)C(=O)OCc1ccccc1. The van der Waals surface area contributed by atoms with Crippen LogP contribution in [0.4, 0.5) is 0 Å². The van der Waals surface area contributed by atoms with Crippen molar-refractivity contribution < 1.29 is 42.6 Å². The van der Waals surface area contributed by atoms with Crippen LogP contribution in [-0.2, 0) is 34.8 Å². The van der Waals surface area contributed by atoms with Gasteiger partial charge in [-0.2, -0.15) is 5.09 Å². The Kier molecular flexibility index (Phi) is 8.77. The van der Waals surface area contributed by atoms with Crippen molar-refractivity contribution in [3.05, 3.63) is 78.2 Å². The largest absolute Gasteiger partial charge is 0.493 e. The Morgan fingerprint density at radius 2 is 1.87 bits per heavy atom. The lowest BCUT2D eigenvalue weighted by Gasteiger charge is -2.24. The zero-order valence-electron chi connectivity index (χ0n) is 20.8. The van der Waals surface area contributed by atoms with Gasteiger partial charge in [0.05, 0.1) is 12.7 Å². The minimum absolute atomic E-state index is 0.0222. The van der Waals surface area contributed by atoms with Crippen LogP contribution in [0.15, 0.2) is 67.0 Å². The van der Waals surface area contributed by atoms with Crippen molar-refractivity contribution in [2.75, 3.05) is 6.61 Å². The molecular formula is C25H27N4O9P. The van der Waals surface area contributed by atoms with E-state index in [-0.39, 0.29) is 25.4 Å². The lowest BCUT2D eigenvalue weighted by molar-refractivity contribution is -0.146. The normalized spacial score (nSPS) is 19.3. The molecule has 2 unspecified atom stereocenters. The van der Waals surface area contributed by atoms with E-state index in [1.54, 1.807) is 42.5 Å². The number of Topliss-reactive ketones (excluding diaryl/α,β-unsaturated/α-hetero) is 1. The highest BCUT2D eigenvalue weighted by atomic mass is 31.2. The van der Waals surface area contributed by atoms with E-state index in [2.05, 4.69) is 10.1 Å². The number of carbonyl (C=O) groups excluding carboxylic acids is 3. The van der Waals surface area contributed by atoms with Gasteiger partial charge in [0.2, 0.25) is 5.88 Å². The molecule has 1 aromatic heterocycles. The van der Waals surface area contributed by atoms with Gasteiger partial charge in [0.15, 0.2) is 17.7 Å². The first-order valence-corrected chi connectivity index (χ1v) is 13.4. The Hall–Kier alpha value is -4.03. The molecule has 0 radical (unpaired) electrons. The quantitative estimate of drug-likeness (QED) is 0.219. The number of nitrogens with one attached hydrogen (secondary N) is 1. The molecule has 0 aliphatic carbocycles. The van der Waals surface area contributed by atoms with E-state index in [0.717, 1.165) is 16.5 Å². The first kappa shape index (κ1) is 28.0. The summed E-state index contributed by atoms with van der Waals surface area (Å²) in [7, 11) is -4.20. The molecule has 2 aromatic carbocycles. The lowest BCUT2D eigenvalue weighted by atomic mass is 10.2. The summed E-state index contributed by atoms with van der Waals surface area (Å²) in [4.78, 5) is 40.2. The van der Waals surface area contributed by atoms with E-state index in [1.165, 1.54) is 6.92 Å². The number of hydrogen-bond donors (Lipinski definition) is 3. The molecule has 0 spiro atoms. The van der Waals surface area contributed by atoms with Crippen molar-refractivity contribution in [2.24, 2.45) is 5.73 Å². The summed E-state index contributed by atoms with van der Waals surface area (Å²) in [6.45, 7) is 1.10. The first-order chi connectivity index (χ1) is 18.6. The van der Waals surface area contributed by atoms with Gasteiger partial charge in [-0.05, 0) is 24.6 Å². The van der Waals surface area contributed by atoms with Gasteiger partial charge in [0, 0.05) is 6.42 Å². The van der Waals surface area contributed by atoms with E-state index in [0.29, 0.717) is 0 Å². The average Bonchev–Trinajstić information content (AvgIpc) is 3.48. The molecule has 1 aliphatic rings. The number of esters is 1. The monoisotopic (exact) mass is 558 g/mol. The number of rotatable bonds is 12. The molecule has 2 heterocycles. The number of nitrogens with zero attached hydrogens (tertiary/aromatic N) is 2. The molecule has 4 atom stereocenters. The second kappa shape index (κ2) is 12.2. The molecule has 1 fully saturated rings. The molecule has 39 heavy (non-hydrogen) atoms. The van der Waals surface area contributed by atoms with E-state index >= 15 is 0 Å². The van der Waals surface area contributed by atoms with Gasteiger partial charge in [0.1, 0.15) is 24.7 Å². The summed E-state index contributed by atoms with van der Waals surface area (Å²) in [5, 5.41) is 12.7. The van der Waals surface area contributed by atoms with Crippen LogP contribution >= 0.6 is 7.75 Å². The Morgan fingerprint density at radius 3 is 2.51 bits per heavy atom. The molecule has 1 aliphatic heterocycles. The minimum atomic E-state index is -4.20. The van der Waals surface area contributed by atoms with Crippen molar-refractivity contribution in [1.29, 1.82) is 0 Å². The van der Waals surface area contributed by atoms with Crippen LogP contribution in [0.2, 0.25) is 0 Å². The summed E-state index contributed by atoms with van der Waals surface area (Å²) in [5.74, 6) is -2.52. The second-order valence-corrected chi connectivity index (χ2v) is 10.3. The number of hydrogen-bond acceptors (Lipinski definition) is 10. The van der Waals surface area contributed by atoms with E-state index in [4.69, 9.17) is 24.3 Å². The molecule has 0 saturated carbocycles. The third kappa shape index (κ3) is 7.09. The van der Waals surface area contributed by atoms with Crippen molar-refractivity contribution in [3.63, 3.8) is 0 Å². The zero-order valence-corrected chi connectivity index (χ0v) is 21.7. The Morgan fingerprint density at radius 1 is 1.21 bits per heavy atom. The molecule has 4 rings (SSSR count). The molecule has 4 N–H and O–H groups in total. The Balaban J connectivity index is 1.41. The number of amides is 1. The van der Waals surface area contributed by atoms with E-state index < -0.39 is 55.4 Å². The van der Waals surface area contributed by atoms with E-state index in [1.807, 2.05) is 18.2 Å². The number of carbonyl (C=O) groups is 3. The Bertz CT molecular complexity index is 1370. The molecule has 13 nitrogen and oxygen atoms in total. The number of para-hydroxylation sites is 1. The molecule has 206 valence electrons. The fraction of sp³-hybridized carbons (Fsp3) is 0.280. The molecular weight excluding hydrogens is 531 g/mol. The van der Waals surface area contributed by atoms with Crippen molar-refractivity contribution in [2.45, 2.75) is 38.3 Å². The number of aromatic hydroxyl groups is 1. The fourth-order valence-electron chi connectivity index (χ4n) is 3.69. The number of aromatic nitrogens is 2. The molecule has 3 aromatic rings. The number of nitrogens with two attached hydrogens (primary N) is 1. The van der Waals surface area contributed by atoms with Crippen LogP contribution in [0.25, 0.3) is 0 Å². The minimum Gasteiger partial charge on any atom is -0.493 e. The number of benzene rings is 2. The molecule has 1 amide bonds. The van der Waals surface area contributed by atoms with Crippen LogP contribution in [0.3, 0.4) is 0 Å². The average molecular weight is 558 g/mol.